The summed E-state index contributed by atoms with van der Waals surface area (Å²) in [5.74, 6) is 1.48. The minimum atomic E-state index is -0.381. The molecule has 0 bridgehead atoms. The summed E-state index contributed by atoms with van der Waals surface area (Å²) in [5.41, 5.74) is 7.33. The zero-order valence-electron chi connectivity index (χ0n) is 12.4. The lowest BCUT2D eigenvalue weighted by Gasteiger charge is -2.27. The SMILES string of the molecule is CNC(=O)C1(C)CCN(c2cc3c(cc2N)OCCO3)C1. The van der Waals surface area contributed by atoms with Gasteiger partial charge in [-0.3, -0.25) is 4.79 Å². The first kappa shape index (κ1) is 13.9. The van der Waals surface area contributed by atoms with E-state index < -0.39 is 0 Å². The van der Waals surface area contributed by atoms with Crippen LogP contribution in [0.3, 0.4) is 0 Å². The van der Waals surface area contributed by atoms with Crippen molar-refractivity contribution in [3.63, 3.8) is 0 Å². The Morgan fingerprint density at radius 2 is 2.00 bits per heavy atom. The van der Waals surface area contributed by atoms with Gasteiger partial charge in [-0.05, 0) is 13.3 Å². The normalized spacial score (nSPS) is 24.0. The third-order valence-corrected chi connectivity index (χ3v) is 4.28. The van der Waals surface area contributed by atoms with Gasteiger partial charge in [0.2, 0.25) is 5.91 Å². The highest BCUT2D eigenvalue weighted by Crippen LogP contribution is 2.42. The second-order valence-electron chi connectivity index (χ2n) is 5.87. The maximum absolute atomic E-state index is 12.0. The minimum Gasteiger partial charge on any atom is -0.486 e. The second kappa shape index (κ2) is 5.02. The van der Waals surface area contributed by atoms with E-state index in [0.717, 1.165) is 24.4 Å². The summed E-state index contributed by atoms with van der Waals surface area (Å²) in [5, 5.41) is 2.74. The van der Waals surface area contributed by atoms with Crippen molar-refractivity contribution in [2.45, 2.75) is 13.3 Å². The summed E-state index contributed by atoms with van der Waals surface area (Å²) in [6, 6.07) is 3.72. The molecule has 1 saturated heterocycles. The molecule has 1 atom stereocenters. The molecular formula is C15H21N3O3. The number of fused-ring (bicyclic) bond motifs is 1. The van der Waals surface area contributed by atoms with E-state index in [2.05, 4.69) is 10.2 Å². The van der Waals surface area contributed by atoms with E-state index in [1.54, 1.807) is 13.1 Å². The van der Waals surface area contributed by atoms with Crippen LogP contribution in [0.4, 0.5) is 11.4 Å². The van der Waals surface area contributed by atoms with Crippen LogP contribution in [0, 0.1) is 5.41 Å². The quantitative estimate of drug-likeness (QED) is 0.795. The van der Waals surface area contributed by atoms with E-state index in [-0.39, 0.29) is 11.3 Å². The Hall–Kier alpha value is -2.11. The Kier molecular flexibility index (Phi) is 3.31. The molecule has 0 aromatic heterocycles. The van der Waals surface area contributed by atoms with Crippen LogP contribution in [-0.2, 0) is 4.79 Å². The number of carbonyl (C=O) groups is 1. The van der Waals surface area contributed by atoms with E-state index in [1.807, 2.05) is 13.0 Å². The fourth-order valence-electron chi connectivity index (χ4n) is 3.02. The number of nitrogens with two attached hydrogens (primary N) is 1. The molecule has 2 aliphatic rings. The van der Waals surface area contributed by atoms with Crippen LogP contribution in [0.2, 0.25) is 0 Å². The van der Waals surface area contributed by atoms with Crippen molar-refractivity contribution < 1.29 is 14.3 Å². The summed E-state index contributed by atoms with van der Waals surface area (Å²) < 4.78 is 11.1. The van der Waals surface area contributed by atoms with Gasteiger partial charge in [0, 0.05) is 32.3 Å². The standard InChI is InChI=1S/C15H21N3O3/c1-15(14(19)17-2)3-4-18(9-15)11-8-13-12(7-10(11)16)20-5-6-21-13/h7-8H,3-6,9,16H2,1-2H3,(H,17,19). The smallest absolute Gasteiger partial charge is 0.227 e. The van der Waals surface area contributed by atoms with E-state index in [4.69, 9.17) is 15.2 Å². The molecule has 21 heavy (non-hydrogen) atoms. The van der Waals surface area contributed by atoms with Gasteiger partial charge in [-0.25, -0.2) is 0 Å². The molecule has 6 heteroatoms. The van der Waals surface area contributed by atoms with Crippen LogP contribution in [0.25, 0.3) is 0 Å². The monoisotopic (exact) mass is 291 g/mol. The molecule has 1 unspecified atom stereocenters. The van der Waals surface area contributed by atoms with Gasteiger partial charge in [0.05, 0.1) is 16.8 Å². The van der Waals surface area contributed by atoms with Crippen LogP contribution in [-0.4, -0.2) is 39.3 Å². The van der Waals surface area contributed by atoms with Crippen LogP contribution < -0.4 is 25.4 Å². The Balaban J connectivity index is 1.87. The zero-order chi connectivity index (χ0) is 15.0. The van der Waals surface area contributed by atoms with Gasteiger partial charge in [-0.1, -0.05) is 0 Å². The summed E-state index contributed by atoms with van der Waals surface area (Å²) in [4.78, 5) is 14.2. The lowest BCUT2D eigenvalue weighted by atomic mass is 9.89. The molecule has 114 valence electrons. The van der Waals surface area contributed by atoms with Crippen LogP contribution in [0.15, 0.2) is 12.1 Å². The molecule has 0 radical (unpaired) electrons. The number of ether oxygens (including phenoxy) is 2. The molecule has 1 aromatic carbocycles. The number of rotatable bonds is 2. The average Bonchev–Trinajstić information content (AvgIpc) is 2.89. The van der Waals surface area contributed by atoms with Gasteiger partial charge in [0.1, 0.15) is 13.2 Å². The molecule has 0 saturated carbocycles. The Morgan fingerprint density at radius 1 is 1.33 bits per heavy atom. The lowest BCUT2D eigenvalue weighted by Crippen LogP contribution is -2.39. The summed E-state index contributed by atoms with van der Waals surface area (Å²) in [6.45, 7) is 4.53. The summed E-state index contributed by atoms with van der Waals surface area (Å²) >= 11 is 0. The van der Waals surface area contributed by atoms with Gasteiger partial charge in [0.15, 0.2) is 11.5 Å². The van der Waals surface area contributed by atoms with E-state index >= 15 is 0 Å². The van der Waals surface area contributed by atoms with Crippen LogP contribution in [0.1, 0.15) is 13.3 Å². The van der Waals surface area contributed by atoms with Crippen LogP contribution in [0.5, 0.6) is 11.5 Å². The number of amides is 1. The number of hydrogen-bond donors (Lipinski definition) is 2. The molecule has 2 aliphatic heterocycles. The molecule has 0 aliphatic carbocycles. The first-order valence-electron chi connectivity index (χ1n) is 7.20. The molecule has 1 amide bonds. The number of nitrogen functional groups attached to an aromatic ring is 1. The Labute approximate surface area is 124 Å². The van der Waals surface area contributed by atoms with Gasteiger partial charge in [0.25, 0.3) is 0 Å². The molecule has 3 N–H and O–H groups in total. The van der Waals surface area contributed by atoms with Crippen molar-refractivity contribution in [1.29, 1.82) is 0 Å². The van der Waals surface area contributed by atoms with E-state index in [0.29, 0.717) is 31.2 Å². The molecule has 6 nitrogen and oxygen atoms in total. The minimum absolute atomic E-state index is 0.0705. The first-order chi connectivity index (χ1) is 10.0. The molecule has 1 fully saturated rings. The zero-order valence-corrected chi connectivity index (χ0v) is 12.4. The molecule has 3 rings (SSSR count). The van der Waals surface area contributed by atoms with Crippen molar-refractivity contribution in [2.75, 3.05) is 44.0 Å². The number of nitrogens with one attached hydrogen (secondary N) is 1. The van der Waals surface area contributed by atoms with Gasteiger partial charge >= 0.3 is 0 Å². The molecule has 0 spiro atoms. The Bertz CT molecular complexity index is 576. The summed E-state index contributed by atoms with van der Waals surface area (Å²) in [7, 11) is 1.68. The highest BCUT2D eigenvalue weighted by molar-refractivity contribution is 5.84. The van der Waals surface area contributed by atoms with E-state index in [1.165, 1.54) is 0 Å². The van der Waals surface area contributed by atoms with Gasteiger partial charge < -0.3 is 25.4 Å². The van der Waals surface area contributed by atoms with Gasteiger partial charge in [-0.2, -0.15) is 0 Å². The van der Waals surface area contributed by atoms with Gasteiger partial charge in [-0.15, -0.1) is 0 Å². The number of benzene rings is 1. The molecule has 1 aromatic rings. The third-order valence-electron chi connectivity index (χ3n) is 4.28. The number of carbonyl (C=O) groups excluding carboxylic acids is 1. The van der Waals surface area contributed by atoms with Crippen molar-refractivity contribution in [3.05, 3.63) is 12.1 Å². The number of hydrogen-bond acceptors (Lipinski definition) is 5. The van der Waals surface area contributed by atoms with Crippen molar-refractivity contribution in [1.82, 2.24) is 5.32 Å². The third kappa shape index (κ3) is 2.34. The largest absolute Gasteiger partial charge is 0.486 e. The second-order valence-corrected chi connectivity index (χ2v) is 5.87. The fourth-order valence-corrected chi connectivity index (χ4v) is 3.02. The highest BCUT2D eigenvalue weighted by atomic mass is 16.6. The van der Waals surface area contributed by atoms with Crippen molar-refractivity contribution in [2.24, 2.45) is 5.41 Å². The Morgan fingerprint density at radius 3 is 2.67 bits per heavy atom. The predicted octanol–water partition coefficient (Wildman–Crippen LogP) is 1.00. The van der Waals surface area contributed by atoms with Crippen molar-refractivity contribution in [3.8, 4) is 11.5 Å². The topological polar surface area (TPSA) is 76.8 Å². The summed E-state index contributed by atoms with van der Waals surface area (Å²) in [6.07, 6.45) is 0.806. The highest BCUT2D eigenvalue weighted by Gasteiger charge is 2.40. The number of nitrogens with zero attached hydrogens (tertiary/aromatic N) is 1. The fraction of sp³-hybridized carbons (Fsp3) is 0.533. The predicted molar refractivity (Wildman–Crippen MR) is 80.8 cm³/mol. The maximum atomic E-state index is 12.0. The lowest BCUT2D eigenvalue weighted by molar-refractivity contribution is -0.128. The van der Waals surface area contributed by atoms with Crippen molar-refractivity contribution >= 4 is 17.3 Å². The average molecular weight is 291 g/mol. The van der Waals surface area contributed by atoms with E-state index in [9.17, 15) is 4.79 Å². The number of anilines is 2. The molecule has 2 heterocycles. The maximum Gasteiger partial charge on any atom is 0.227 e. The first-order valence-corrected chi connectivity index (χ1v) is 7.20. The van der Waals surface area contributed by atoms with Crippen LogP contribution >= 0.6 is 0 Å². The molecular weight excluding hydrogens is 270 g/mol.